The lowest BCUT2D eigenvalue weighted by Crippen LogP contribution is -2.22. The van der Waals surface area contributed by atoms with Crippen LogP contribution in [0.25, 0.3) is 0 Å². The van der Waals surface area contributed by atoms with Crippen molar-refractivity contribution in [3.05, 3.63) is 33.3 Å². The Morgan fingerprint density at radius 1 is 1.16 bits per heavy atom. The van der Waals surface area contributed by atoms with Gasteiger partial charge in [0.1, 0.15) is 0 Å². The van der Waals surface area contributed by atoms with Gasteiger partial charge >= 0.3 is 0 Å². The molecule has 0 spiro atoms. The van der Waals surface area contributed by atoms with Gasteiger partial charge in [-0.2, -0.15) is 0 Å². The summed E-state index contributed by atoms with van der Waals surface area (Å²) in [4.78, 5) is 0. The first-order valence-corrected chi connectivity index (χ1v) is 8.54. The molecule has 0 aliphatic rings. The predicted octanol–water partition coefficient (Wildman–Crippen LogP) is 6.11. The van der Waals surface area contributed by atoms with Crippen molar-refractivity contribution in [3.63, 3.8) is 0 Å². The second kappa shape index (κ2) is 9.79. The Hall–Kier alpha value is -0.0500. The van der Waals surface area contributed by atoms with Gasteiger partial charge in [-0.15, -0.1) is 0 Å². The summed E-state index contributed by atoms with van der Waals surface area (Å²) < 4.78 is 0.989. The summed E-state index contributed by atoms with van der Waals surface area (Å²) in [7, 11) is 0. The van der Waals surface area contributed by atoms with Gasteiger partial charge in [-0.1, -0.05) is 57.2 Å². The lowest BCUT2D eigenvalue weighted by molar-refractivity contribution is 0.470. The molecule has 1 unspecified atom stereocenters. The van der Waals surface area contributed by atoms with Crippen LogP contribution in [0.4, 0.5) is 0 Å². The summed E-state index contributed by atoms with van der Waals surface area (Å²) in [5.74, 6) is 0. The minimum Gasteiger partial charge on any atom is -0.310 e. The van der Waals surface area contributed by atoms with Gasteiger partial charge in [0.05, 0.1) is 5.02 Å². The predicted molar refractivity (Wildman–Crippen MR) is 88.9 cm³/mol. The van der Waals surface area contributed by atoms with E-state index in [-0.39, 0.29) is 0 Å². The van der Waals surface area contributed by atoms with E-state index in [9.17, 15) is 0 Å². The highest BCUT2D eigenvalue weighted by molar-refractivity contribution is 9.10. The average Bonchev–Trinajstić information content (AvgIpc) is 2.41. The maximum Gasteiger partial charge on any atom is 0.0548 e. The Bertz CT molecular complexity index is 368. The summed E-state index contributed by atoms with van der Waals surface area (Å²) in [6, 6.07) is 6.72. The molecule has 108 valence electrons. The molecule has 1 N–H and O–H groups in total. The Balaban J connectivity index is 2.63. The highest BCUT2D eigenvalue weighted by Crippen LogP contribution is 2.28. The quantitative estimate of drug-likeness (QED) is 0.532. The molecule has 1 rings (SSSR count). The van der Waals surface area contributed by atoms with Crippen molar-refractivity contribution in [2.24, 2.45) is 0 Å². The van der Waals surface area contributed by atoms with Crippen molar-refractivity contribution in [2.45, 2.75) is 58.4 Å². The molecule has 0 heterocycles. The van der Waals surface area contributed by atoms with Crippen molar-refractivity contribution in [2.75, 3.05) is 6.54 Å². The first-order chi connectivity index (χ1) is 9.19. The minimum absolute atomic E-state index is 0.449. The standard InChI is InChI=1S/C16H25BrClN/c1-3-5-6-7-8-16(19-11-4-2)13-9-10-15(18)14(17)12-13/h9-10,12,16,19H,3-8,11H2,1-2H3. The smallest absolute Gasteiger partial charge is 0.0548 e. The Morgan fingerprint density at radius 3 is 2.58 bits per heavy atom. The zero-order valence-corrected chi connectivity index (χ0v) is 14.4. The zero-order chi connectivity index (χ0) is 14.1. The van der Waals surface area contributed by atoms with Crippen LogP contribution in [-0.4, -0.2) is 6.54 Å². The summed E-state index contributed by atoms with van der Waals surface area (Å²) in [5.41, 5.74) is 1.33. The van der Waals surface area contributed by atoms with Gasteiger partial charge in [0, 0.05) is 10.5 Å². The molecular formula is C16H25BrClN. The van der Waals surface area contributed by atoms with Gasteiger partial charge in [0.25, 0.3) is 0 Å². The van der Waals surface area contributed by atoms with Crippen LogP contribution in [0.2, 0.25) is 5.02 Å². The van der Waals surface area contributed by atoms with Crippen LogP contribution in [0.1, 0.15) is 64.0 Å². The minimum atomic E-state index is 0.449. The van der Waals surface area contributed by atoms with E-state index in [1.165, 1.54) is 44.1 Å². The largest absolute Gasteiger partial charge is 0.310 e. The van der Waals surface area contributed by atoms with Crippen LogP contribution < -0.4 is 5.32 Å². The summed E-state index contributed by atoms with van der Waals surface area (Å²) in [6.45, 7) is 5.53. The number of unbranched alkanes of at least 4 members (excludes halogenated alkanes) is 3. The molecule has 1 aromatic carbocycles. The van der Waals surface area contributed by atoms with E-state index in [4.69, 9.17) is 11.6 Å². The molecule has 0 aliphatic heterocycles. The van der Waals surface area contributed by atoms with E-state index in [1.54, 1.807) is 0 Å². The van der Waals surface area contributed by atoms with Gasteiger partial charge in [-0.05, 0) is 53.0 Å². The van der Waals surface area contributed by atoms with Crippen LogP contribution in [0.3, 0.4) is 0 Å². The third kappa shape index (κ3) is 6.29. The fraction of sp³-hybridized carbons (Fsp3) is 0.625. The van der Waals surface area contributed by atoms with E-state index < -0.39 is 0 Å². The fourth-order valence-electron chi connectivity index (χ4n) is 2.21. The third-order valence-corrected chi connectivity index (χ3v) is 4.55. The van der Waals surface area contributed by atoms with Crippen molar-refractivity contribution < 1.29 is 0 Å². The number of rotatable bonds is 9. The van der Waals surface area contributed by atoms with Crippen LogP contribution in [0, 0.1) is 0 Å². The zero-order valence-electron chi connectivity index (χ0n) is 12.0. The van der Waals surface area contributed by atoms with E-state index in [1.807, 2.05) is 6.07 Å². The Morgan fingerprint density at radius 2 is 1.95 bits per heavy atom. The normalized spacial score (nSPS) is 12.6. The topological polar surface area (TPSA) is 12.0 Å². The van der Waals surface area contributed by atoms with E-state index in [2.05, 4.69) is 47.2 Å². The molecule has 0 aliphatic carbocycles. The van der Waals surface area contributed by atoms with Gasteiger partial charge in [-0.25, -0.2) is 0 Å². The van der Waals surface area contributed by atoms with Crippen molar-refractivity contribution in [3.8, 4) is 0 Å². The maximum absolute atomic E-state index is 6.07. The molecule has 0 radical (unpaired) electrons. The van der Waals surface area contributed by atoms with Crippen molar-refractivity contribution in [1.29, 1.82) is 0 Å². The number of halogens is 2. The second-order valence-corrected chi connectivity index (χ2v) is 6.29. The van der Waals surface area contributed by atoms with Gasteiger partial charge in [-0.3, -0.25) is 0 Å². The summed E-state index contributed by atoms with van der Waals surface area (Å²) in [6.07, 6.45) is 7.61. The summed E-state index contributed by atoms with van der Waals surface area (Å²) in [5, 5.41) is 4.43. The highest BCUT2D eigenvalue weighted by atomic mass is 79.9. The lowest BCUT2D eigenvalue weighted by atomic mass is 10.00. The van der Waals surface area contributed by atoms with E-state index in [0.29, 0.717) is 6.04 Å². The monoisotopic (exact) mass is 345 g/mol. The summed E-state index contributed by atoms with van der Waals surface area (Å²) >= 11 is 9.58. The molecule has 1 nitrogen and oxygen atoms in total. The molecule has 0 fully saturated rings. The third-order valence-electron chi connectivity index (χ3n) is 3.33. The number of hydrogen-bond donors (Lipinski definition) is 1. The van der Waals surface area contributed by atoms with Crippen LogP contribution in [0.5, 0.6) is 0 Å². The molecule has 1 aromatic rings. The Labute approximate surface area is 131 Å². The fourth-order valence-corrected chi connectivity index (χ4v) is 2.72. The van der Waals surface area contributed by atoms with Gasteiger partial charge in [0.15, 0.2) is 0 Å². The Kier molecular flexibility index (Phi) is 8.76. The highest BCUT2D eigenvalue weighted by Gasteiger charge is 2.11. The van der Waals surface area contributed by atoms with Gasteiger partial charge < -0.3 is 5.32 Å². The maximum atomic E-state index is 6.07. The van der Waals surface area contributed by atoms with Crippen molar-refractivity contribution >= 4 is 27.5 Å². The average molecular weight is 347 g/mol. The van der Waals surface area contributed by atoms with Crippen molar-refractivity contribution in [1.82, 2.24) is 5.32 Å². The molecule has 0 saturated carbocycles. The van der Waals surface area contributed by atoms with E-state index >= 15 is 0 Å². The SMILES string of the molecule is CCCCCCC(NCCC)c1ccc(Cl)c(Br)c1. The number of nitrogens with one attached hydrogen (secondary N) is 1. The molecule has 0 aromatic heterocycles. The van der Waals surface area contributed by atoms with Crippen LogP contribution >= 0.6 is 27.5 Å². The van der Waals surface area contributed by atoms with Gasteiger partial charge in [0.2, 0.25) is 0 Å². The number of benzene rings is 1. The van der Waals surface area contributed by atoms with E-state index in [0.717, 1.165) is 16.0 Å². The lowest BCUT2D eigenvalue weighted by Gasteiger charge is -2.19. The molecule has 0 saturated heterocycles. The van der Waals surface area contributed by atoms with Crippen LogP contribution in [-0.2, 0) is 0 Å². The molecule has 0 amide bonds. The molecule has 0 bridgehead atoms. The molecule has 3 heteroatoms. The molecular weight excluding hydrogens is 322 g/mol. The van der Waals surface area contributed by atoms with Crippen LogP contribution in [0.15, 0.2) is 22.7 Å². The first-order valence-electron chi connectivity index (χ1n) is 7.37. The number of hydrogen-bond acceptors (Lipinski definition) is 1. The molecule has 1 atom stereocenters. The molecule has 19 heavy (non-hydrogen) atoms. The first kappa shape index (κ1) is 17.0. The second-order valence-electron chi connectivity index (χ2n) is 5.03.